The van der Waals surface area contributed by atoms with Crippen molar-refractivity contribution < 1.29 is 14.6 Å². The predicted molar refractivity (Wildman–Crippen MR) is 144 cm³/mol. The predicted octanol–water partition coefficient (Wildman–Crippen LogP) is 7.76. The second-order valence-corrected chi connectivity index (χ2v) is 10.3. The fourth-order valence-corrected chi connectivity index (χ4v) is 4.22. The van der Waals surface area contributed by atoms with Crippen molar-refractivity contribution in [2.24, 2.45) is 0 Å². The zero-order valence-corrected chi connectivity index (χ0v) is 23.0. The Labute approximate surface area is 208 Å². The Hall–Kier alpha value is -0.160. The molecule has 33 heavy (non-hydrogen) atoms. The van der Waals surface area contributed by atoms with Crippen molar-refractivity contribution >= 4 is 0 Å². The Kier molecular flexibility index (Phi) is 27.9. The molecule has 0 aliphatic heterocycles. The fourth-order valence-electron chi connectivity index (χ4n) is 4.22. The van der Waals surface area contributed by atoms with Crippen LogP contribution in [0, 0.1) is 0 Å². The third-order valence-corrected chi connectivity index (χ3v) is 6.41. The summed E-state index contributed by atoms with van der Waals surface area (Å²) in [6.45, 7) is 5.82. The Morgan fingerprint density at radius 2 is 0.848 bits per heavy atom. The summed E-state index contributed by atoms with van der Waals surface area (Å²) in [4.78, 5) is 2.25. The minimum Gasteiger partial charge on any atom is -0.388 e. The van der Waals surface area contributed by atoms with E-state index in [-0.39, 0.29) is 0 Å². The molecule has 1 N–H and O–H groups in total. The lowest BCUT2D eigenvalue weighted by atomic mass is 10.0. The third-order valence-electron chi connectivity index (χ3n) is 6.41. The van der Waals surface area contributed by atoms with Crippen LogP contribution in [0.2, 0.25) is 0 Å². The molecule has 0 spiro atoms. The summed E-state index contributed by atoms with van der Waals surface area (Å²) >= 11 is 0. The quantitative estimate of drug-likeness (QED) is 0.118. The van der Waals surface area contributed by atoms with Crippen molar-refractivity contribution in [1.29, 1.82) is 0 Å². The number of aliphatic hydroxyl groups is 1. The molecule has 4 nitrogen and oxygen atoms in total. The van der Waals surface area contributed by atoms with Gasteiger partial charge in [0.25, 0.3) is 0 Å². The van der Waals surface area contributed by atoms with E-state index in [9.17, 15) is 5.11 Å². The molecule has 0 saturated heterocycles. The molecule has 0 aliphatic carbocycles. The lowest BCUT2D eigenvalue weighted by Crippen LogP contribution is -2.22. The summed E-state index contributed by atoms with van der Waals surface area (Å²) in [5.41, 5.74) is 0. The molecule has 0 radical (unpaired) electrons. The Bertz CT molecular complexity index is 352. The summed E-state index contributed by atoms with van der Waals surface area (Å²) in [5.74, 6) is 0. The van der Waals surface area contributed by atoms with Crippen LogP contribution in [0.25, 0.3) is 0 Å². The Morgan fingerprint density at radius 1 is 0.515 bits per heavy atom. The highest BCUT2D eigenvalue weighted by Crippen LogP contribution is 2.13. The molecule has 1 unspecified atom stereocenters. The molecule has 1 atom stereocenters. The first-order chi connectivity index (χ1) is 16.2. The number of rotatable bonds is 28. The van der Waals surface area contributed by atoms with E-state index in [0.29, 0.717) is 13.2 Å². The summed E-state index contributed by atoms with van der Waals surface area (Å²) in [5, 5.41) is 9.96. The van der Waals surface area contributed by atoms with Crippen LogP contribution in [-0.2, 0) is 9.47 Å². The van der Waals surface area contributed by atoms with Gasteiger partial charge in [0.2, 0.25) is 0 Å². The van der Waals surface area contributed by atoms with Crippen molar-refractivity contribution in [2.75, 3.05) is 47.1 Å². The van der Waals surface area contributed by atoms with Crippen LogP contribution in [0.4, 0.5) is 0 Å². The number of unbranched alkanes of at least 4 members (excludes halogenated alkanes) is 18. The van der Waals surface area contributed by atoms with E-state index in [1.165, 1.54) is 122 Å². The van der Waals surface area contributed by atoms with Crippen LogP contribution in [0.5, 0.6) is 0 Å². The highest BCUT2D eigenvalue weighted by molar-refractivity contribution is 4.53. The minimum absolute atomic E-state index is 0.404. The number of hydrogen-bond acceptors (Lipinski definition) is 4. The topological polar surface area (TPSA) is 41.9 Å². The van der Waals surface area contributed by atoms with E-state index in [4.69, 9.17) is 9.47 Å². The van der Waals surface area contributed by atoms with E-state index in [1.807, 2.05) is 0 Å². The molecule has 0 saturated carbocycles. The van der Waals surface area contributed by atoms with Gasteiger partial charge in [-0.25, -0.2) is 0 Å². The standard InChI is InChI=1S/C29H61NO3/c1-4-5-6-7-8-9-10-11-12-13-14-16-19-22-25-32-27-29(31)28-33-26-23-20-17-15-18-21-24-30(2)3/h29,31H,4-28H2,1-3H3. The summed E-state index contributed by atoms with van der Waals surface area (Å²) < 4.78 is 11.2. The van der Waals surface area contributed by atoms with Gasteiger partial charge in [-0.1, -0.05) is 116 Å². The summed E-state index contributed by atoms with van der Waals surface area (Å²) in [6, 6.07) is 0. The molecule has 4 heteroatoms. The van der Waals surface area contributed by atoms with Gasteiger partial charge in [-0.3, -0.25) is 0 Å². The lowest BCUT2D eigenvalue weighted by molar-refractivity contribution is -0.0201. The van der Waals surface area contributed by atoms with E-state index in [0.717, 1.165) is 26.1 Å². The molecular formula is C29H61NO3. The van der Waals surface area contributed by atoms with Gasteiger partial charge in [-0.15, -0.1) is 0 Å². The van der Waals surface area contributed by atoms with E-state index < -0.39 is 6.10 Å². The van der Waals surface area contributed by atoms with Gasteiger partial charge >= 0.3 is 0 Å². The maximum absolute atomic E-state index is 9.96. The van der Waals surface area contributed by atoms with Crippen molar-refractivity contribution in [2.45, 2.75) is 141 Å². The van der Waals surface area contributed by atoms with Gasteiger partial charge in [-0.2, -0.15) is 0 Å². The molecule has 0 bridgehead atoms. The molecule has 0 aliphatic rings. The molecule has 0 amide bonds. The molecule has 0 heterocycles. The van der Waals surface area contributed by atoms with Gasteiger partial charge < -0.3 is 19.5 Å². The van der Waals surface area contributed by atoms with Gasteiger partial charge in [0.05, 0.1) is 13.2 Å². The van der Waals surface area contributed by atoms with Crippen LogP contribution in [0.15, 0.2) is 0 Å². The van der Waals surface area contributed by atoms with Gasteiger partial charge in [0.1, 0.15) is 6.10 Å². The molecule has 0 fully saturated rings. The van der Waals surface area contributed by atoms with E-state index in [2.05, 4.69) is 25.9 Å². The average molecular weight is 472 g/mol. The average Bonchev–Trinajstić information content (AvgIpc) is 2.79. The van der Waals surface area contributed by atoms with Crippen molar-refractivity contribution in [3.8, 4) is 0 Å². The zero-order chi connectivity index (χ0) is 24.2. The number of aliphatic hydroxyl groups excluding tert-OH is 1. The molecule has 0 aromatic carbocycles. The smallest absolute Gasteiger partial charge is 0.101 e. The molecule has 0 rings (SSSR count). The number of ether oxygens (including phenoxy) is 2. The monoisotopic (exact) mass is 471 g/mol. The van der Waals surface area contributed by atoms with Gasteiger partial charge in [-0.05, 0) is 39.9 Å². The first kappa shape index (κ1) is 32.8. The Morgan fingerprint density at radius 3 is 1.21 bits per heavy atom. The number of nitrogens with zero attached hydrogens (tertiary/aromatic N) is 1. The Balaban J connectivity index is 3.14. The van der Waals surface area contributed by atoms with Crippen LogP contribution in [0.1, 0.15) is 135 Å². The molecule has 200 valence electrons. The SMILES string of the molecule is CCCCCCCCCCCCCCCCOCC(O)COCCCCCCCCN(C)C. The molecule has 0 aromatic heterocycles. The maximum Gasteiger partial charge on any atom is 0.101 e. The van der Waals surface area contributed by atoms with Crippen molar-refractivity contribution in [3.05, 3.63) is 0 Å². The van der Waals surface area contributed by atoms with E-state index >= 15 is 0 Å². The second-order valence-electron chi connectivity index (χ2n) is 10.3. The van der Waals surface area contributed by atoms with Gasteiger partial charge in [0, 0.05) is 13.2 Å². The summed E-state index contributed by atoms with van der Waals surface area (Å²) in [7, 11) is 4.27. The lowest BCUT2D eigenvalue weighted by Gasteiger charge is -2.12. The highest BCUT2D eigenvalue weighted by Gasteiger charge is 2.04. The fraction of sp³-hybridized carbons (Fsp3) is 1.00. The van der Waals surface area contributed by atoms with Crippen LogP contribution in [-0.4, -0.2) is 63.2 Å². The second kappa shape index (κ2) is 28.1. The third kappa shape index (κ3) is 29.8. The zero-order valence-electron chi connectivity index (χ0n) is 23.0. The largest absolute Gasteiger partial charge is 0.388 e. The number of hydrogen-bond donors (Lipinski definition) is 1. The van der Waals surface area contributed by atoms with Crippen LogP contribution < -0.4 is 0 Å². The van der Waals surface area contributed by atoms with Crippen LogP contribution in [0.3, 0.4) is 0 Å². The summed E-state index contributed by atoms with van der Waals surface area (Å²) in [6.07, 6.45) is 26.3. The van der Waals surface area contributed by atoms with Gasteiger partial charge in [0.15, 0.2) is 0 Å². The first-order valence-corrected chi connectivity index (χ1v) is 14.6. The minimum atomic E-state index is -0.484. The van der Waals surface area contributed by atoms with E-state index in [1.54, 1.807) is 0 Å². The molecular weight excluding hydrogens is 410 g/mol. The maximum atomic E-state index is 9.96. The van der Waals surface area contributed by atoms with Crippen molar-refractivity contribution in [1.82, 2.24) is 4.90 Å². The molecule has 0 aromatic rings. The van der Waals surface area contributed by atoms with Crippen LogP contribution >= 0.6 is 0 Å². The highest BCUT2D eigenvalue weighted by atomic mass is 16.5. The first-order valence-electron chi connectivity index (χ1n) is 14.6. The normalized spacial score (nSPS) is 12.6. The van der Waals surface area contributed by atoms with Crippen molar-refractivity contribution in [3.63, 3.8) is 0 Å².